The van der Waals surface area contributed by atoms with Crippen LogP contribution in [0.1, 0.15) is 31.7 Å². The van der Waals surface area contributed by atoms with Crippen LogP contribution in [0.5, 0.6) is 0 Å². The highest BCUT2D eigenvalue weighted by Crippen LogP contribution is 2.05. The summed E-state index contributed by atoms with van der Waals surface area (Å²) in [5.74, 6) is -0.182. The van der Waals surface area contributed by atoms with Crippen LogP contribution in [0.15, 0.2) is 24.3 Å². The maximum atomic E-state index is 13.3. The minimum atomic E-state index is -0.187. The van der Waals surface area contributed by atoms with E-state index in [1.807, 2.05) is 6.07 Å². The lowest BCUT2D eigenvalue weighted by atomic mass is 10.1. The number of nitrogens with one attached hydrogen (secondary N) is 2. The van der Waals surface area contributed by atoms with Crippen molar-refractivity contribution in [1.82, 2.24) is 10.6 Å². The highest BCUT2D eigenvalue weighted by atomic mass is 19.1. The summed E-state index contributed by atoms with van der Waals surface area (Å²) in [6.45, 7) is 3.76. The summed E-state index contributed by atoms with van der Waals surface area (Å²) >= 11 is 0. The Kier molecular flexibility index (Phi) is 7.82. The van der Waals surface area contributed by atoms with Crippen molar-refractivity contribution in [3.05, 3.63) is 35.6 Å². The topological polar surface area (TPSA) is 41.1 Å². The van der Waals surface area contributed by atoms with E-state index in [1.54, 1.807) is 12.1 Å². The summed E-state index contributed by atoms with van der Waals surface area (Å²) in [6, 6.07) is 6.71. The quantitative estimate of drug-likeness (QED) is 0.673. The summed E-state index contributed by atoms with van der Waals surface area (Å²) in [5.41, 5.74) is 0.679. The van der Waals surface area contributed by atoms with Crippen LogP contribution < -0.4 is 10.6 Å². The van der Waals surface area contributed by atoms with Crippen LogP contribution in [0.3, 0.4) is 0 Å². The Morgan fingerprint density at radius 1 is 1.21 bits per heavy atom. The highest BCUT2D eigenvalue weighted by molar-refractivity contribution is 5.77. The molecule has 0 aliphatic carbocycles. The Bertz CT molecular complexity index is 382. The molecule has 1 amide bonds. The maximum Gasteiger partial charge on any atom is 0.233 e. The van der Waals surface area contributed by atoms with Gasteiger partial charge in [0, 0.05) is 6.54 Å². The molecule has 0 fully saturated rings. The largest absolute Gasteiger partial charge is 0.355 e. The van der Waals surface area contributed by atoms with Crippen LogP contribution >= 0.6 is 0 Å². The lowest BCUT2D eigenvalue weighted by molar-refractivity contribution is -0.120. The van der Waals surface area contributed by atoms with Gasteiger partial charge in [0.2, 0.25) is 5.91 Å². The molecule has 0 aromatic heterocycles. The molecule has 2 N–H and O–H groups in total. The molecule has 0 atom stereocenters. The molecule has 106 valence electrons. The number of amides is 1. The highest BCUT2D eigenvalue weighted by Gasteiger charge is 2.02. The predicted octanol–water partition coefficient (Wildman–Crippen LogP) is 2.26. The first-order chi connectivity index (χ1) is 9.24. The van der Waals surface area contributed by atoms with Crippen LogP contribution in [-0.4, -0.2) is 25.5 Å². The smallest absolute Gasteiger partial charge is 0.233 e. The average Bonchev–Trinajstić information content (AvgIpc) is 2.41. The van der Waals surface area contributed by atoms with E-state index in [-0.39, 0.29) is 11.7 Å². The fourth-order valence-corrected chi connectivity index (χ4v) is 1.79. The van der Waals surface area contributed by atoms with Crippen LogP contribution in [0.2, 0.25) is 0 Å². The number of unbranched alkanes of at least 4 members (excludes halogenated alkanes) is 2. The van der Waals surface area contributed by atoms with Crippen molar-refractivity contribution < 1.29 is 9.18 Å². The third kappa shape index (κ3) is 6.91. The molecule has 19 heavy (non-hydrogen) atoms. The van der Waals surface area contributed by atoms with Crippen LogP contribution in [0, 0.1) is 5.82 Å². The van der Waals surface area contributed by atoms with E-state index >= 15 is 0 Å². The first-order valence-corrected chi connectivity index (χ1v) is 6.95. The molecule has 0 aliphatic rings. The van der Waals surface area contributed by atoms with Gasteiger partial charge in [-0.05, 0) is 31.0 Å². The summed E-state index contributed by atoms with van der Waals surface area (Å²) in [5, 5.41) is 5.88. The Morgan fingerprint density at radius 2 is 2.00 bits per heavy atom. The van der Waals surface area contributed by atoms with Gasteiger partial charge in [0.05, 0.1) is 6.54 Å². The van der Waals surface area contributed by atoms with E-state index < -0.39 is 0 Å². The van der Waals surface area contributed by atoms with Crippen molar-refractivity contribution in [2.45, 2.75) is 32.6 Å². The number of rotatable bonds is 9. The van der Waals surface area contributed by atoms with Gasteiger partial charge in [-0.15, -0.1) is 0 Å². The van der Waals surface area contributed by atoms with Gasteiger partial charge in [0.15, 0.2) is 0 Å². The Morgan fingerprint density at radius 3 is 2.74 bits per heavy atom. The molecule has 4 heteroatoms. The van der Waals surface area contributed by atoms with Crippen LogP contribution in [0.25, 0.3) is 0 Å². The van der Waals surface area contributed by atoms with Gasteiger partial charge in [-0.2, -0.15) is 0 Å². The van der Waals surface area contributed by atoms with E-state index in [0.717, 1.165) is 25.8 Å². The fourth-order valence-electron chi connectivity index (χ4n) is 1.79. The summed E-state index contributed by atoms with van der Waals surface area (Å²) in [7, 11) is 0. The zero-order chi connectivity index (χ0) is 13.9. The van der Waals surface area contributed by atoms with Gasteiger partial charge in [0.1, 0.15) is 5.82 Å². The molecule has 0 aliphatic heterocycles. The monoisotopic (exact) mass is 266 g/mol. The Labute approximate surface area is 114 Å². The number of carbonyl (C=O) groups is 1. The molecule has 0 heterocycles. The molecule has 1 rings (SSSR count). The minimum absolute atomic E-state index is 0.00429. The van der Waals surface area contributed by atoms with Gasteiger partial charge < -0.3 is 10.6 Å². The van der Waals surface area contributed by atoms with Crippen molar-refractivity contribution in [2.75, 3.05) is 19.6 Å². The van der Waals surface area contributed by atoms with Gasteiger partial charge in [-0.3, -0.25) is 4.79 Å². The molecule has 0 radical (unpaired) electrons. The summed E-state index contributed by atoms with van der Waals surface area (Å²) < 4.78 is 13.3. The number of hydrogen-bond donors (Lipinski definition) is 2. The lowest BCUT2D eigenvalue weighted by Crippen LogP contribution is -2.35. The average molecular weight is 266 g/mol. The molecule has 3 nitrogen and oxygen atoms in total. The van der Waals surface area contributed by atoms with Gasteiger partial charge in [-0.1, -0.05) is 38.0 Å². The molecule has 0 bridgehead atoms. The first kappa shape index (κ1) is 15.6. The molecule has 0 spiro atoms. The molecule has 0 saturated carbocycles. The second-order valence-electron chi connectivity index (χ2n) is 4.58. The minimum Gasteiger partial charge on any atom is -0.355 e. The number of hydrogen-bond acceptors (Lipinski definition) is 2. The van der Waals surface area contributed by atoms with Gasteiger partial charge >= 0.3 is 0 Å². The zero-order valence-electron chi connectivity index (χ0n) is 11.5. The fraction of sp³-hybridized carbons (Fsp3) is 0.533. The van der Waals surface area contributed by atoms with Crippen molar-refractivity contribution in [1.29, 1.82) is 0 Å². The molecular formula is C15H23FN2O. The van der Waals surface area contributed by atoms with Crippen LogP contribution in [-0.2, 0) is 11.2 Å². The Hall–Kier alpha value is -1.42. The molecular weight excluding hydrogens is 243 g/mol. The summed E-state index contributed by atoms with van der Waals surface area (Å²) in [4.78, 5) is 11.4. The zero-order valence-corrected chi connectivity index (χ0v) is 11.5. The molecule has 0 saturated heterocycles. The van der Waals surface area contributed by atoms with Crippen molar-refractivity contribution in [2.24, 2.45) is 0 Å². The normalized spacial score (nSPS) is 10.4. The number of carbonyl (C=O) groups excluding carboxylic acids is 1. The van der Waals surface area contributed by atoms with E-state index in [9.17, 15) is 9.18 Å². The van der Waals surface area contributed by atoms with E-state index in [2.05, 4.69) is 17.6 Å². The maximum absolute atomic E-state index is 13.3. The first-order valence-electron chi connectivity index (χ1n) is 6.95. The third-order valence-corrected chi connectivity index (χ3v) is 2.92. The predicted molar refractivity (Wildman–Crippen MR) is 75.5 cm³/mol. The molecule has 1 aromatic rings. The number of benzene rings is 1. The van der Waals surface area contributed by atoms with E-state index in [1.165, 1.54) is 6.07 Å². The Balaban J connectivity index is 2.07. The molecule has 0 unspecified atom stereocenters. The van der Waals surface area contributed by atoms with Crippen molar-refractivity contribution in [3.8, 4) is 0 Å². The standard InChI is InChI=1S/C15H23FN2O/c1-2-3-6-10-18-15(19)12-17-11-9-13-7-4-5-8-14(13)16/h4-5,7-8,17H,2-3,6,9-12H2,1H3,(H,18,19). The SMILES string of the molecule is CCCCCNC(=O)CNCCc1ccccc1F. The second-order valence-corrected chi connectivity index (χ2v) is 4.58. The lowest BCUT2D eigenvalue weighted by Gasteiger charge is -2.07. The van der Waals surface area contributed by atoms with Crippen molar-refractivity contribution in [3.63, 3.8) is 0 Å². The van der Waals surface area contributed by atoms with Gasteiger partial charge in [-0.25, -0.2) is 4.39 Å². The van der Waals surface area contributed by atoms with Crippen molar-refractivity contribution >= 4 is 5.91 Å². The third-order valence-electron chi connectivity index (χ3n) is 2.92. The summed E-state index contributed by atoms with van der Waals surface area (Å²) in [6.07, 6.45) is 3.91. The van der Waals surface area contributed by atoms with E-state index in [4.69, 9.17) is 0 Å². The van der Waals surface area contributed by atoms with E-state index in [0.29, 0.717) is 25.1 Å². The molecule has 1 aromatic carbocycles. The number of halogens is 1. The van der Waals surface area contributed by atoms with Gasteiger partial charge in [0.25, 0.3) is 0 Å². The van der Waals surface area contributed by atoms with Crippen LogP contribution in [0.4, 0.5) is 4.39 Å². The second kappa shape index (κ2) is 9.50.